The Morgan fingerprint density at radius 2 is 1.72 bits per heavy atom. The van der Waals surface area contributed by atoms with E-state index in [2.05, 4.69) is 6.92 Å². The van der Waals surface area contributed by atoms with Gasteiger partial charge >= 0.3 is 5.97 Å². The predicted octanol–water partition coefficient (Wildman–Crippen LogP) is 4.51. The quantitative estimate of drug-likeness (QED) is 0.499. The Hall–Kier alpha value is -1.31. The second-order valence-electron chi connectivity index (χ2n) is 4.72. The van der Waals surface area contributed by atoms with E-state index in [9.17, 15) is 4.79 Å². The maximum atomic E-state index is 11.8. The van der Waals surface area contributed by atoms with Crippen LogP contribution in [-0.2, 0) is 4.74 Å². The smallest absolute Gasteiger partial charge is 0.338 e. The van der Waals surface area contributed by atoms with E-state index in [-0.39, 0.29) is 5.97 Å². The first-order valence-corrected chi connectivity index (χ1v) is 6.98. The minimum absolute atomic E-state index is 0.193. The number of ether oxygens (including phenoxy) is 1. The maximum Gasteiger partial charge on any atom is 0.338 e. The van der Waals surface area contributed by atoms with Crippen LogP contribution in [0.4, 0.5) is 0 Å². The van der Waals surface area contributed by atoms with Crippen LogP contribution in [0.5, 0.6) is 0 Å². The van der Waals surface area contributed by atoms with Crippen molar-refractivity contribution in [3.05, 3.63) is 35.4 Å². The summed E-state index contributed by atoms with van der Waals surface area (Å²) in [7, 11) is 0. The van der Waals surface area contributed by atoms with Gasteiger partial charge < -0.3 is 4.74 Å². The van der Waals surface area contributed by atoms with Gasteiger partial charge in [0.2, 0.25) is 0 Å². The normalized spacial score (nSPS) is 10.3. The van der Waals surface area contributed by atoms with E-state index in [0.717, 1.165) is 18.4 Å². The highest BCUT2D eigenvalue weighted by molar-refractivity contribution is 5.90. The summed E-state index contributed by atoms with van der Waals surface area (Å²) in [5.74, 6) is -0.193. The first-order valence-electron chi connectivity index (χ1n) is 6.98. The SMILES string of the molecule is CCCCCCCCOC(=O)c1ccccc1C. The molecule has 0 amide bonds. The molecule has 100 valence electrons. The van der Waals surface area contributed by atoms with Crippen molar-refractivity contribution in [1.29, 1.82) is 0 Å². The average molecular weight is 248 g/mol. The molecule has 0 unspecified atom stereocenters. The summed E-state index contributed by atoms with van der Waals surface area (Å²) in [6.45, 7) is 4.69. The van der Waals surface area contributed by atoms with Crippen molar-refractivity contribution in [2.75, 3.05) is 6.61 Å². The molecule has 1 aromatic rings. The Bertz CT molecular complexity index is 358. The largest absolute Gasteiger partial charge is 0.462 e. The van der Waals surface area contributed by atoms with E-state index in [1.807, 2.05) is 31.2 Å². The third-order valence-corrected chi connectivity index (χ3v) is 3.10. The second kappa shape index (κ2) is 8.73. The molecule has 0 fully saturated rings. The zero-order valence-electron chi connectivity index (χ0n) is 11.6. The van der Waals surface area contributed by atoms with E-state index in [0.29, 0.717) is 12.2 Å². The molecule has 0 N–H and O–H groups in total. The summed E-state index contributed by atoms with van der Waals surface area (Å²) >= 11 is 0. The molecule has 0 bridgehead atoms. The molecule has 0 aliphatic heterocycles. The van der Waals surface area contributed by atoms with Gasteiger partial charge in [0.25, 0.3) is 0 Å². The molecule has 0 aliphatic rings. The number of esters is 1. The van der Waals surface area contributed by atoms with Gasteiger partial charge in [-0.1, -0.05) is 57.2 Å². The number of unbranched alkanes of at least 4 members (excludes halogenated alkanes) is 5. The van der Waals surface area contributed by atoms with E-state index < -0.39 is 0 Å². The highest BCUT2D eigenvalue weighted by Gasteiger charge is 2.08. The summed E-state index contributed by atoms with van der Waals surface area (Å²) in [6.07, 6.45) is 7.24. The highest BCUT2D eigenvalue weighted by atomic mass is 16.5. The highest BCUT2D eigenvalue weighted by Crippen LogP contribution is 2.10. The Morgan fingerprint density at radius 1 is 1.06 bits per heavy atom. The number of hydrogen-bond acceptors (Lipinski definition) is 2. The molecule has 0 radical (unpaired) electrons. The molecule has 2 heteroatoms. The lowest BCUT2D eigenvalue weighted by molar-refractivity contribution is 0.0497. The van der Waals surface area contributed by atoms with Gasteiger partial charge in [-0.25, -0.2) is 4.79 Å². The fourth-order valence-electron chi connectivity index (χ4n) is 1.93. The molecule has 0 saturated carbocycles. The van der Waals surface area contributed by atoms with Crippen molar-refractivity contribution in [2.24, 2.45) is 0 Å². The van der Waals surface area contributed by atoms with Gasteiger partial charge in [-0.15, -0.1) is 0 Å². The third-order valence-electron chi connectivity index (χ3n) is 3.10. The zero-order valence-corrected chi connectivity index (χ0v) is 11.6. The first kappa shape index (κ1) is 14.7. The molecular weight excluding hydrogens is 224 g/mol. The van der Waals surface area contributed by atoms with Gasteiger partial charge in [-0.2, -0.15) is 0 Å². The summed E-state index contributed by atoms with van der Waals surface area (Å²) in [5.41, 5.74) is 1.66. The van der Waals surface area contributed by atoms with Crippen molar-refractivity contribution >= 4 is 5.97 Å². The van der Waals surface area contributed by atoms with Crippen LogP contribution in [0, 0.1) is 6.92 Å². The Labute approximate surface area is 110 Å². The van der Waals surface area contributed by atoms with E-state index >= 15 is 0 Å². The van der Waals surface area contributed by atoms with E-state index in [4.69, 9.17) is 4.74 Å². The van der Waals surface area contributed by atoms with Gasteiger partial charge in [0.05, 0.1) is 12.2 Å². The molecule has 2 nitrogen and oxygen atoms in total. The van der Waals surface area contributed by atoms with Gasteiger partial charge in [-0.3, -0.25) is 0 Å². The predicted molar refractivity (Wildman–Crippen MR) is 74.8 cm³/mol. The number of rotatable bonds is 8. The van der Waals surface area contributed by atoms with Crippen LogP contribution in [0.25, 0.3) is 0 Å². The molecular formula is C16H24O2. The van der Waals surface area contributed by atoms with E-state index in [1.54, 1.807) is 0 Å². The topological polar surface area (TPSA) is 26.3 Å². The zero-order chi connectivity index (χ0) is 13.2. The van der Waals surface area contributed by atoms with Gasteiger partial charge in [0, 0.05) is 0 Å². The summed E-state index contributed by atoms with van der Waals surface area (Å²) in [5, 5.41) is 0. The fraction of sp³-hybridized carbons (Fsp3) is 0.562. The van der Waals surface area contributed by atoms with Crippen molar-refractivity contribution in [1.82, 2.24) is 0 Å². The van der Waals surface area contributed by atoms with Gasteiger partial charge in [-0.05, 0) is 25.0 Å². The van der Waals surface area contributed by atoms with Gasteiger partial charge in [0.15, 0.2) is 0 Å². The standard InChI is InChI=1S/C16H24O2/c1-3-4-5-6-7-10-13-18-16(17)15-12-9-8-11-14(15)2/h8-9,11-12H,3-7,10,13H2,1-2H3. The summed E-state index contributed by atoms with van der Waals surface area (Å²) in [4.78, 5) is 11.8. The minimum atomic E-state index is -0.193. The molecule has 1 rings (SSSR count). The number of carbonyl (C=O) groups excluding carboxylic acids is 1. The Balaban J connectivity index is 2.16. The molecule has 0 saturated heterocycles. The average Bonchev–Trinajstić information content (AvgIpc) is 2.38. The molecule has 0 heterocycles. The molecule has 1 aromatic carbocycles. The summed E-state index contributed by atoms with van der Waals surface area (Å²) in [6, 6.07) is 7.55. The third kappa shape index (κ3) is 5.35. The number of hydrogen-bond donors (Lipinski definition) is 0. The maximum absolute atomic E-state index is 11.8. The molecule has 0 atom stereocenters. The lowest BCUT2D eigenvalue weighted by Gasteiger charge is -2.06. The van der Waals surface area contributed by atoms with Crippen LogP contribution in [0.1, 0.15) is 61.4 Å². The summed E-state index contributed by atoms with van der Waals surface area (Å²) < 4.78 is 5.28. The second-order valence-corrected chi connectivity index (χ2v) is 4.72. The van der Waals surface area contributed by atoms with E-state index in [1.165, 1.54) is 25.7 Å². The molecule has 0 aliphatic carbocycles. The molecule has 18 heavy (non-hydrogen) atoms. The van der Waals surface area contributed by atoms with Crippen LogP contribution in [0.3, 0.4) is 0 Å². The lowest BCUT2D eigenvalue weighted by Crippen LogP contribution is -2.08. The molecule has 0 spiro atoms. The number of aryl methyl sites for hydroxylation is 1. The van der Waals surface area contributed by atoms with Crippen LogP contribution >= 0.6 is 0 Å². The first-order chi connectivity index (χ1) is 8.75. The van der Waals surface area contributed by atoms with Gasteiger partial charge in [0.1, 0.15) is 0 Å². The Kier molecular flexibility index (Phi) is 7.16. The lowest BCUT2D eigenvalue weighted by atomic mass is 10.1. The van der Waals surface area contributed by atoms with Crippen LogP contribution in [-0.4, -0.2) is 12.6 Å². The van der Waals surface area contributed by atoms with Crippen molar-refractivity contribution in [2.45, 2.75) is 52.4 Å². The number of carbonyl (C=O) groups is 1. The Morgan fingerprint density at radius 3 is 2.44 bits per heavy atom. The monoisotopic (exact) mass is 248 g/mol. The van der Waals surface area contributed by atoms with Crippen LogP contribution in [0.15, 0.2) is 24.3 Å². The van der Waals surface area contributed by atoms with Crippen molar-refractivity contribution in [3.63, 3.8) is 0 Å². The molecule has 0 aromatic heterocycles. The van der Waals surface area contributed by atoms with Crippen molar-refractivity contribution in [3.8, 4) is 0 Å². The minimum Gasteiger partial charge on any atom is -0.462 e. The van der Waals surface area contributed by atoms with Crippen LogP contribution < -0.4 is 0 Å². The van der Waals surface area contributed by atoms with Crippen LogP contribution in [0.2, 0.25) is 0 Å². The number of benzene rings is 1. The fourth-order valence-corrected chi connectivity index (χ4v) is 1.93. The van der Waals surface area contributed by atoms with Crippen molar-refractivity contribution < 1.29 is 9.53 Å².